The Hall–Kier alpha value is -7.22. The van der Waals surface area contributed by atoms with E-state index in [-0.39, 0.29) is 32.6 Å². The number of hydrogen-bond acceptors (Lipinski definition) is 8. The fourth-order valence-corrected chi connectivity index (χ4v) is 6.03. The van der Waals surface area contributed by atoms with Gasteiger partial charge in [-0.25, -0.2) is 14.5 Å². The fraction of sp³-hybridized carbons (Fsp3) is 0.209. The van der Waals surface area contributed by atoms with Crippen LogP contribution in [0.3, 0.4) is 0 Å². The van der Waals surface area contributed by atoms with Crippen molar-refractivity contribution in [3.05, 3.63) is 150 Å². The number of carbonyl (C=O) groups excluding carboxylic acids is 5. The van der Waals surface area contributed by atoms with E-state index >= 15 is 0 Å². The van der Waals surface area contributed by atoms with Crippen molar-refractivity contribution in [3.63, 3.8) is 0 Å². The van der Waals surface area contributed by atoms with Gasteiger partial charge in [0, 0.05) is 13.0 Å². The summed E-state index contributed by atoms with van der Waals surface area (Å²) in [4.78, 5) is 71.1. The summed E-state index contributed by atoms with van der Waals surface area (Å²) >= 11 is 0. The number of nitrogens with two attached hydrogens (primary N) is 1. The van der Waals surface area contributed by atoms with E-state index < -0.39 is 53.7 Å². The first-order valence-electron chi connectivity index (χ1n) is 18.3. The molecule has 5 N–H and O–H groups in total. The summed E-state index contributed by atoms with van der Waals surface area (Å²) in [6.45, 7) is 1.22. The fourth-order valence-electron chi connectivity index (χ4n) is 6.03. The smallest absolute Gasteiger partial charge is 0.437 e. The second-order valence-electron chi connectivity index (χ2n) is 13.4. The summed E-state index contributed by atoms with van der Waals surface area (Å²) in [5.74, 6) is -1.63. The third kappa shape index (κ3) is 10.3. The summed E-state index contributed by atoms with van der Waals surface area (Å²) in [5.41, 5.74) is 6.39. The Balaban J connectivity index is 1.15. The SMILES string of the molecule is C[C@@](NC(=O)CCCN(C(=O)OCc1ccccc1)C(N)=NC(=O)OCc1ccccc1)(C(=O)N[C@@H]1C(=O)N[C@H]1Oc1ccccc1)c1ccc2ccccc2c1. The van der Waals surface area contributed by atoms with E-state index in [2.05, 4.69) is 20.9 Å². The summed E-state index contributed by atoms with van der Waals surface area (Å²) in [6, 6.07) is 38.7. The predicted octanol–water partition coefficient (Wildman–Crippen LogP) is 5.26. The van der Waals surface area contributed by atoms with E-state index in [1.807, 2.05) is 48.5 Å². The van der Waals surface area contributed by atoms with Crippen LogP contribution in [0.15, 0.2) is 138 Å². The maximum absolute atomic E-state index is 14.2. The molecule has 1 saturated heterocycles. The molecule has 1 heterocycles. The molecular formula is C43H42N6O8. The van der Waals surface area contributed by atoms with Crippen LogP contribution in [0, 0.1) is 0 Å². The molecule has 0 aromatic heterocycles. The molecule has 1 aliphatic rings. The molecule has 292 valence electrons. The van der Waals surface area contributed by atoms with Gasteiger partial charge in [-0.15, -0.1) is 4.99 Å². The van der Waals surface area contributed by atoms with Crippen LogP contribution in [0.4, 0.5) is 9.59 Å². The molecule has 5 aromatic rings. The second-order valence-corrected chi connectivity index (χ2v) is 13.4. The summed E-state index contributed by atoms with van der Waals surface area (Å²) in [7, 11) is 0. The number of amides is 5. The van der Waals surface area contributed by atoms with Gasteiger partial charge < -0.3 is 35.9 Å². The third-order valence-corrected chi connectivity index (χ3v) is 9.23. The van der Waals surface area contributed by atoms with Crippen molar-refractivity contribution in [2.45, 2.75) is 50.8 Å². The van der Waals surface area contributed by atoms with Gasteiger partial charge in [0.05, 0.1) is 0 Å². The van der Waals surface area contributed by atoms with Gasteiger partial charge in [-0.2, -0.15) is 0 Å². The highest BCUT2D eigenvalue weighted by atomic mass is 16.6. The van der Waals surface area contributed by atoms with Gasteiger partial charge >= 0.3 is 12.2 Å². The molecule has 0 radical (unpaired) electrons. The van der Waals surface area contributed by atoms with Gasteiger partial charge in [-0.1, -0.05) is 115 Å². The summed E-state index contributed by atoms with van der Waals surface area (Å²) in [5, 5.41) is 10.0. The normalized spacial score (nSPS) is 15.9. The summed E-state index contributed by atoms with van der Waals surface area (Å²) < 4.78 is 16.6. The molecule has 5 aromatic carbocycles. The van der Waals surface area contributed by atoms with Crippen LogP contribution in [-0.4, -0.2) is 59.6 Å². The van der Waals surface area contributed by atoms with E-state index in [1.165, 1.54) is 0 Å². The summed E-state index contributed by atoms with van der Waals surface area (Å²) in [6.07, 6.45) is -2.93. The molecule has 0 saturated carbocycles. The van der Waals surface area contributed by atoms with Crippen molar-refractivity contribution >= 4 is 46.6 Å². The molecular weight excluding hydrogens is 729 g/mol. The lowest BCUT2D eigenvalue weighted by Crippen LogP contribution is -2.73. The number of fused-ring (bicyclic) bond motifs is 1. The van der Waals surface area contributed by atoms with Crippen molar-refractivity contribution in [1.29, 1.82) is 0 Å². The minimum Gasteiger partial charge on any atom is -0.468 e. The minimum absolute atomic E-state index is 0.0228. The van der Waals surface area contributed by atoms with Crippen LogP contribution in [-0.2, 0) is 42.6 Å². The third-order valence-electron chi connectivity index (χ3n) is 9.23. The first kappa shape index (κ1) is 39.5. The van der Waals surface area contributed by atoms with Gasteiger partial charge in [-0.3, -0.25) is 14.4 Å². The molecule has 5 amide bonds. The highest BCUT2D eigenvalue weighted by Crippen LogP contribution is 2.27. The molecule has 1 fully saturated rings. The van der Waals surface area contributed by atoms with Crippen molar-refractivity contribution in [2.24, 2.45) is 10.7 Å². The number of ether oxygens (including phenoxy) is 3. The zero-order valence-electron chi connectivity index (χ0n) is 31.1. The molecule has 14 heteroatoms. The average molecular weight is 771 g/mol. The average Bonchev–Trinajstić information content (AvgIpc) is 3.23. The topological polar surface area (TPSA) is 191 Å². The standard InChI is InChI=1S/C43H42N6O8/c1-43(33-24-23-31-18-11-12-19-32(31)26-33,39(52)45-36-37(51)46-38(36)57-34-20-9-4-10-21-34)48-35(50)22-13-25-49(42(54)56-28-30-16-7-3-8-17-30)40(44)47-41(53)55-27-29-14-5-2-6-15-29/h2-12,14-21,23-24,26,36,38H,13,22,25,27-28H2,1H3,(H,45,52)(H,46,51)(H,48,50)(H2,44,47,53)/t36-,38+,43+/m1/s1. The predicted molar refractivity (Wildman–Crippen MR) is 211 cm³/mol. The number of β-lactam (4-membered cyclic amide) rings is 1. The minimum atomic E-state index is -1.66. The molecule has 0 unspecified atom stereocenters. The van der Waals surface area contributed by atoms with Crippen LogP contribution in [0.2, 0.25) is 0 Å². The van der Waals surface area contributed by atoms with Gasteiger partial charge in [0.1, 0.15) is 24.5 Å². The first-order valence-corrected chi connectivity index (χ1v) is 18.3. The van der Waals surface area contributed by atoms with E-state index in [4.69, 9.17) is 19.9 Å². The van der Waals surface area contributed by atoms with Crippen LogP contribution >= 0.6 is 0 Å². The molecule has 0 bridgehead atoms. The highest BCUT2D eigenvalue weighted by Gasteiger charge is 2.46. The number of rotatable bonds is 14. The van der Waals surface area contributed by atoms with Crippen molar-refractivity contribution < 1.29 is 38.2 Å². The Bertz CT molecular complexity index is 2240. The van der Waals surface area contributed by atoms with Gasteiger partial charge in [0.15, 0.2) is 6.04 Å². The van der Waals surface area contributed by atoms with E-state index in [0.717, 1.165) is 21.2 Å². The first-order chi connectivity index (χ1) is 27.6. The Kier molecular flexibility index (Phi) is 12.7. The highest BCUT2D eigenvalue weighted by molar-refractivity contribution is 5.99. The number of carbonyl (C=O) groups is 5. The number of benzene rings is 5. The van der Waals surface area contributed by atoms with Crippen molar-refractivity contribution in [2.75, 3.05) is 6.54 Å². The number of para-hydroxylation sites is 1. The zero-order valence-corrected chi connectivity index (χ0v) is 31.1. The van der Waals surface area contributed by atoms with E-state index in [9.17, 15) is 24.0 Å². The Morgan fingerprint density at radius 3 is 2.04 bits per heavy atom. The van der Waals surface area contributed by atoms with E-state index in [1.54, 1.807) is 91.9 Å². The zero-order chi connectivity index (χ0) is 40.2. The van der Waals surface area contributed by atoms with E-state index in [0.29, 0.717) is 16.9 Å². The Labute approximate surface area is 329 Å². The van der Waals surface area contributed by atoms with Crippen molar-refractivity contribution in [3.8, 4) is 5.75 Å². The van der Waals surface area contributed by atoms with Crippen molar-refractivity contribution in [1.82, 2.24) is 20.9 Å². The molecule has 3 atom stereocenters. The molecule has 6 rings (SSSR count). The maximum atomic E-state index is 14.2. The number of aliphatic imine (C=N–C) groups is 1. The van der Waals surface area contributed by atoms with Crippen LogP contribution in [0.1, 0.15) is 36.5 Å². The monoisotopic (exact) mass is 770 g/mol. The molecule has 1 aliphatic heterocycles. The van der Waals surface area contributed by atoms with Gasteiger partial charge in [-0.05, 0) is 59.0 Å². The number of hydrogen-bond donors (Lipinski definition) is 4. The number of nitrogens with zero attached hydrogens (tertiary/aromatic N) is 2. The van der Waals surface area contributed by atoms with Gasteiger partial charge in [0.25, 0.3) is 11.8 Å². The number of guanidine groups is 1. The number of nitrogens with one attached hydrogen (secondary N) is 3. The Morgan fingerprint density at radius 2 is 1.39 bits per heavy atom. The van der Waals surface area contributed by atoms with Crippen LogP contribution in [0.25, 0.3) is 10.8 Å². The van der Waals surface area contributed by atoms with Gasteiger partial charge in [0.2, 0.25) is 18.1 Å². The lowest BCUT2D eigenvalue weighted by Gasteiger charge is -2.39. The Morgan fingerprint density at radius 1 is 0.789 bits per heavy atom. The lowest BCUT2D eigenvalue weighted by molar-refractivity contribution is -0.145. The lowest BCUT2D eigenvalue weighted by atomic mass is 9.88. The maximum Gasteiger partial charge on any atom is 0.437 e. The van der Waals surface area contributed by atoms with Crippen LogP contribution in [0.5, 0.6) is 5.75 Å². The van der Waals surface area contributed by atoms with Crippen LogP contribution < -0.4 is 26.4 Å². The molecule has 57 heavy (non-hydrogen) atoms. The molecule has 14 nitrogen and oxygen atoms in total. The molecule has 0 spiro atoms. The molecule has 0 aliphatic carbocycles. The largest absolute Gasteiger partial charge is 0.468 e. The second kappa shape index (κ2) is 18.4. The quantitative estimate of drug-likeness (QED) is 0.0663.